The minimum Gasteiger partial charge on any atom is -0.463 e. The maximum absolute atomic E-state index is 5.60. The first-order chi connectivity index (χ1) is 9.28. The van der Waals surface area contributed by atoms with Crippen LogP contribution in [0.3, 0.4) is 0 Å². The summed E-state index contributed by atoms with van der Waals surface area (Å²) in [6.07, 6.45) is 1.69. The highest BCUT2D eigenvalue weighted by atomic mass is 32.1. The van der Waals surface area contributed by atoms with Gasteiger partial charge in [0.2, 0.25) is 11.9 Å². The Morgan fingerprint density at radius 1 is 1.37 bits per heavy atom. The average Bonchev–Trinajstić information content (AvgIpc) is 2.89. The summed E-state index contributed by atoms with van der Waals surface area (Å²) < 4.78 is 5.34. The average molecular weight is 280 g/mol. The van der Waals surface area contributed by atoms with Crippen LogP contribution in [-0.4, -0.2) is 33.1 Å². The van der Waals surface area contributed by atoms with Crippen molar-refractivity contribution in [1.29, 1.82) is 0 Å². The lowest BCUT2D eigenvalue weighted by Crippen LogP contribution is -2.12. The molecule has 0 saturated carbocycles. The summed E-state index contributed by atoms with van der Waals surface area (Å²) in [4.78, 5) is 16.3. The van der Waals surface area contributed by atoms with Crippen LogP contribution in [0.5, 0.6) is 6.01 Å². The number of anilines is 2. The van der Waals surface area contributed by atoms with Gasteiger partial charge in [-0.15, -0.1) is 11.3 Å². The van der Waals surface area contributed by atoms with Crippen LogP contribution in [0.2, 0.25) is 0 Å². The number of rotatable bonds is 7. The first kappa shape index (κ1) is 13.5. The van der Waals surface area contributed by atoms with E-state index in [0.29, 0.717) is 19.1 Å². The fourth-order valence-electron chi connectivity index (χ4n) is 1.37. The zero-order chi connectivity index (χ0) is 13.5. The molecule has 0 aliphatic rings. The molecule has 19 heavy (non-hydrogen) atoms. The lowest BCUT2D eigenvalue weighted by Gasteiger charge is -2.07. The summed E-state index contributed by atoms with van der Waals surface area (Å²) in [5.74, 6) is 0.575. The molecule has 0 spiro atoms. The molecule has 8 heteroatoms. The summed E-state index contributed by atoms with van der Waals surface area (Å²) >= 11 is 1.58. The monoisotopic (exact) mass is 280 g/mol. The van der Waals surface area contributed by atoms with Crippen LogP contribution in [0.25, 0.3) is 0 Å². The van der Waals surface area contributed by atoms with Gasteiger partial charge in [-0.2, -0.15) is 15.0 Å². The molecule has 0 aliphatic heterocycles. The number of nitrogens with zero attached hydrogens (tertiary/aromatic N) is 4. The number of ether oxygens (including phenoxy) is 1. The zero-order valence-electron chi connectivity index (χ0n) is 10.7. The van der Waals surface area contributed by atoms with Crippen molar-refractivity contribution >= 4 is 23.2 Å². The van der Waals surface area contributed by atoms with Crippen LogP contribution < -0.4 is 15.8 Å². The van der Waals surface area contributed by atoms with Gasteiger partial charge in [0.25, 0.3) is 0 Å². The number of hydrogen-bond acceptors (Lipinski definition) is 8. The highest BCUT2D eigenvalue weighted by molar-refractivity contribution is 7.07. The Morgan fingerprint density at radius 2 is 2.26 bits per heavy atom. The second-order valence-corrected chi connectivity index (χ2v) is 4.52. The summed E-state index contributed by atoms with van der Waals surface area (Å²) in [5.41, 5.74) is 8.46. The van der Waals surface area contributed by atoms with Gasteiger partial charge in [0.1, 0.15) is 0 Å². The van der Waals surface area contributed by atoms with E-state index in [1.165, 1.54) is 0 Å². The number of nitrogens with one attached hydrogen (secondary N) is 1. The molecule has 0 aromatic carbocycles. The van der Waals surface area contributed by atoms with Gasteiger partial charge in [0.05, 0.1) is 17.8 Å². The Hall–Kier alpha value is -1.96. The Bertz CT molecular complexity index is 504. The number of aromatic nitrogens is 4. The predicted molar refractivity (Wildman–Crippen MR) is 74.3 cm³/mol. The normalized spacial score (nSPS) is 10.4. The third-order valence-electron chi connectivity index (χ3n) is 2.22. The third-order valence-corrected chi connectivity index (χ3v) is 2.85. The van der Waals surface area contributed by atoms with Crippen molar-refractivity contribution in [2.75, 3.05) is 24.2 Å². The molecule has 2 heterocycles. The van der Waals surface area contributed by atoms with E-state index in [4.69, 9.17) is 10.5 Å². The topological polar surface area (TPSA) is 98.8 Å². The van der Waals surface area contributed by atoms with Crippen LogP contribution in [-0.2, 0) is 6.42 Å². The molecule has 2 rings (SSSR count). The van der Waals surface area contributed by atoms with Gasteiger partial charge in [-0.05, 0) is 6.42 Å². The van der Waals surface area contributed by atoms with E-state index in [9.17, 15) is 0 Å². The molecule has 2 aromatic heterocycles. The van der Waals surface area contributed by atoms with Crippen molar-refractivity contribution in [3.05, 3.63) is 16.6 Å². The Balaban J connectivity index is 1.90. The van der Waals surface area contributed by atoms with Crippen LogP contribution in [0.1, 0.15) is 19.0 Å². The molecular formula is C11H16N6OS. The number of nitrogens with two attached hydrogens (primary N) is 1. The predicted octanol–water partition coefficient (Wildman–Crippen LogP) is 1.35. The van der Waals surface area contributed by atoms with Crippen LogP contribution in [0, 0.1) is 0 Å². The molecule has 0 fully saturated rings. The molecule has 0 amide bonds. The molecule has 2 aromatic rings. The second-order valence-electron chi connectivity index (χ2n) is 3.80. The molecule has 0 bridgehead atoms. The third kappa shape index (κ3) is 4.32. The second kappa shape index (κ2) is 6.83. The summed E-state index contributed by atoms with van der Waals surface area (Å²) in [6.45, 7) is 3.25. The van der Waals surface area contributed by atoms with Crippen LogP contribution in [0.15, 0.2) is 10.9 Å². The number of nitrogen functional groups attached to an aromatic ring is 1. The Morgan fingerprint density at radius 3 is 3.00 bits per heavy atom. The lowest BCUT2D eigenvalue weighted by atomic mass is 10.3. The van der Waals surface area contributed by atoms with Gasteiger partial charge in [-0.25, -0.2) is 4.98 Å². The summed E-state index contributed by atoms with van der Waals surface area (Å²) in [7, 11) is 0. The minimum absolute atomic E-state index is 0.150. The van der Waals surface area contributed by atoms with Crippen molar-refractivity contribution in [2.45, 2.75) is 19.8 Å². The van der Waals surface area contributed by atoms with Crippen LogP contribution >= 0.6 is 11.3 Å². The maximum Gasteiger partial charge on any atom is 0.323 e. The molecule has 102 valence electrons. The van der Waals surface area contributed by atoms with E-state index in [-0.39, 0.29) is 12.0 Å². The molecule has 0 atom stereocenters. The van der Waals surface area contributed by atoms with Gasteiger partial charge >= 0.3 is 6.01 Å². The molecule has 7 nitrogen and oxygen atoms in total. The van der Waals surface area contributed by atoms with E-state index >= 15 is 0 Å². The molecular weight excluding hydrogens is 264 g/mol. The summed E-state index contributed by atoms with van der Waals surface area (Å²) in [6, 6.07) is 0.255. The molecule has 0 saturated heterocycles. The quantitative estimate of drug-likeness (QED) is 0.789. The molecule has 0 radical (unpaired) electrons. The van der Waals surface area contributed by atoms with E-state index in [1.807, 2.05) is 17.8 Å². The summed E-state index contributed by atoms with van der Waals surface area (Å²) in [5, 5.41) is 5.10. The Kier molecular flexibility index (Phi) is 4.85. The standard InChI is InChI=1S/C11H16N6OS/c1-2-5-18-11-16-9(12)15-10(17-11)13-4-3-8-6-19-7-14-8/h6-7H,2-5H2,1H3,(H3,12,13,15,16,17). The van der Waals surface area contributed by atoms with Gasteiger partial charge in [0, 0.05) is 18.3 Å². The van der Waals surface area contributed by atoms with Crippen molar-refractivity contribution in [1.82, 2.24) is 19.9 Å². The van der Waals surface area contributed by atoms with E-state index < -0.39 is 0 Å². The molecule has 0 unspecified atom stereocenters. The van der Waals surface area contributed by atoms with Crippen LogP contribution in [0.4, 0.5) is 11.9 Å². The lowest BCUT2D eigenvalue weighted by molar-refractivity contribution is 0.292. The fraction of sp³-hybridized carbons (Fsp3) is 0.455. The zero-order valence-corrected chi connectivity index (χ0v) is 11.5. The van der Waals surface area contributed by atoms with Gasteiger partial charge in [0.15, 0.2) is 0 Å². The van der Waals surface area contributed by atoms with E-state index in [0.717, 1.165) is 18.5 Å². The molecule has 3 N–H and O–H groups in total. The van der Waals surface area contributed by atoms with Crippen molar-refractivity contribution in [3.8, 4) is 6.01 Å². The fourth-order valence-corrected chi connectivity index (χ4v) is 1.97. The highest BCUT2D eigenvalue weighted by Crippen LogP contribution is 2.09. The van der Waals surface area contributed by atoms with Gasteiger partial charge < -0.3 is 15.8 Å². The van der Waals surface area contributed by atoms with Crippen molar-refractivity contribution in [2.24, 2.45) is 0 Å². The van der Waals surface area contributed by atoms with E-state index in [2.05, 4.69) is 25.3 Å². The number of hydrogen-bond donors (Lipinski definition) is 2. The first-order valence-electron chi connectivity index (χ1n) is 6.03. The maximum atomic E-state index is 5.60. The SMILES string of the molecule is CCCOc1nc(N)nc(NCCc2cscn2)n1. The van der Waals surface area contributed by atoms with E-state index in [1.54, 1.807) is 11.3 Å². The smallest absolute Gasteiger partial charge is 0.323 e. The van der Waals surface area contributed by atoms with Gasteiger partial charge in [-0.1, -0.05) is 6.92 Å². The van der Waals surface area contributed by atoms with Gasteiger partial charge in [-0.3, -0.25) is 0 Å². The minimum atomic E-state index is 0.150. The first-order valence-corrected chi connectivity index (χ1v) is 6.97. The van der Waals surface area contributed by atoms with Crippen molar-refractivity contribution < 1.29 is 4.74 Å². The Labute approximate surface area is 115 Å². The largest absolute Gasteiger partial charge is 0.463 e. The highest BCUT2D eigenvalue weighted by Gasteiger charge is 2.05. The van der Waals surface area contributed by atoms with Crippen molar-refractivity contribution in [3.63, 3.8) is 0 Å². The number of thiazole rings is 1. The molecule has 0 aliphatic carbocycles.